The summed E-state index contributed by atoms with van der Waals surface area (Å²) in [5.41, 5.74) is 10.5. The van der Waals surface area contributed by atoms with E-state index in [2.05, 4.69) is 24.4 Å². The maximum absolute atomic E-state index is 5.23. The summed E-state index contributed by atoms with van der Waals surface area (Å²) in [5, 5.41) is 0. The first-order valence-corrected chi connectivity index (χ1v) is 5.26. The molecule has 9 heteroatoms. The van der Waals surface area contributed by atoms with Crippen molar-refractivity contribution in [1.29, 1.82) is 0 Å². The largest absolute Gasteiger partial charge is 0.385 e. The molecule has 0 aliphatic rings. The third-order valence-electron chi connectivity index (χ3n) is 0.572. The molecule has 0 saturated carbocycles. The first-order chi connectivity index (χ1) is 4.63. The Bertz CT molecular complexity index is 129. The van der Waals surface area contributed by atoms with Crippen molar-refractivity contribution in [2.45, 2.75) is 0 Å². The van der Waals surface area contributed by atoms with E-state index in [1.807, 2.05) is 0 Å². The Balaban J connectivity index is -0.000000135. The Morgan fingerprint density at radius 3 is 1.23 bits per heavy atom. The molecule has 3 radical (unpaired) electrons. The monoisotopic (exact) mass is 281 g/mol. The van der Waals surface area contributed by atoms with Gasteiger partial charge in [0.05, 0.1) is 0 Å². The van der Waals surface area contributed by atoms with Gasteiger partial charge in [0.1, 0.15) is 8.64 Å². The predicted molar refractivity (Wildman–Crippen MR) is 75.7 cm³/mol. The number of hydrogen-bond acceptors (Lipinski definition) is 4. The Hall–Kier alpha value is 3.48. The van der Waals surface area contributed by atoms with Crippen LogP contribution >= 0.6 is 48.0 Å². The molecular weight excluding hydrogens is 273 g/mol. The molecule has 4 N–H and O–H groups in total. The van der Waals surface area contributed by atoms with Gasteiger partial charge in [0, 0.05) is 100 Å². The van der Waals surface area contributed by atoms with Crippen LogP contribution in [0.2, 0.25) is 0 Å². The van der Waals surface area contributed by atoms with E-state index in [4.69, 9.17) is 11.5 Å². The number of thioether (sulfide) groups is 2. The fourth-order valence-corrected chi connectivity index (χ4v) is 1.85. The van der Waals surface area contributed by atoms with Gasteiger partial charge < -0.3 is 11.5 Å². The molecule has 0 amide bonds. The summed E-state index contributed by atoms with van der Waals surface area (Å²) < 4.78 is 0.951. The van der Waals surface area contributed by atoms with Gasteiger partial charge >= 0.3 is 0 Å². The molecule has 61 valence electrons. The first-order valence-electron chi connectivity index (χ1n) is 2.47. The van der Waals surface area contributed by atoms with Crippen LogP contribution in [0.1, 0.15) is 0 Å². The summed E-state index contributed by atoms with van der Waals surface area (Å²) in [6, 6.07) is 0. The van der Waals surface area contributed by atoms with Gasteiger partial charge in [-0.15, -0.1) is 0 Å². The molecule has 0 aromatic heterocycles. The van der Waals surface area contributed by atoms with Crippen molar-refractivity contribution in [1.82, 2.24) is 0 Å². The van der Waals surface area contributed by atoms with Gasteiger partial charge in [0.25, 0.3) is 0 Å². The van der Waals surface area contributed by atoms with Crippen LogP contribution < -0.4 is 11.5 Å². The zero-order valence-corrected chi connectivity index (χ0v) is 17.5. The number of nitrogens with two attached hydrogens (primary N) is 2. The molecule has 0 atom stereocenters. The van der Waals surface area contributed by atoms with E-state index in [0.717, 1.165) is 11.5 Å². The van der Waals surface area contributed by atoms with E-state index < -0.39 is 0 Å². The van der Waals surface area contributed by atoms with Gasteiger partial charge in [0.15, 0.2) is 0 Å². The Morgan fingerprint density at radius 2 is 1.08 bits per heavy atom. The third-order valence-corrected chi connectivity index (χ3v) is 2.92. The van der Waals surface area contributed by atoms with Gasteiger partial charge in [-0.1, -0.05) is 48.0 Å². The zero-order chi connectivity index (χ0) is 7.98. The second-order valence-corrected chi connectivity index (χ2v) is 5.00. The van der Waals surface area contributed by atoms with Crippen molar-refractivity contribution in [3.63, 3.8) is 0 Å². The van der Waals surface area contributed by atoms with Crippen LogP contribution in [-0.2, 0) is 0 Å². The van der Waals surface area contributed by atoms with Gasteiger partial charge in [-0.25, -0.2) is 0 Å². The maximum atomic E-state index is 5.23. The summed E-state index contributed by atoms with van der Waals surface area (Å²) in [6.45, 7) is 0. The van der Waals surface area contributed by atoms with E-state index in [9.17, 15) is 0 Å². The van der Waals surface area contributed by atoms with Gasteiger partial charge in [-0.2, -0.15) is 0 Å². The molecule has 0 aliphatic heterocycles. The molecule has 0 aromatic rings. The van der Waals surface area contributed by atoms with E-state index >= 15 is 0 Å². The summed E-state index contributed by atoms with van der Waals surface area (Å²) in [5.74, 6) is 1.74. The minimum atomic E-state index is 0. The van der Waals surface area contributed by atoms with E-state index in [0.29, 0.717) is 8.64 Å². The topological polar surface area (TPSA) is 52.0 Å². The van der Waals surface area contributed by atoms with Crippen LogP contribution in [0.3, 0.4) is 0 Å². The normalized spacial score (nSPS) is 7.08. The second kappa shape index (κ2) is 17.9. The predicted octanol–water partition coefficient (Wildman–Crippen LogP) is -0.202. The average Bonchev–Trinajstić information content (AvgIpc) is 1.79. The molecule has 0 aliphatic carbocycles. The number of hydrogen-bond donors (Lipinski definition) is 2. The molecule has 13 heavy (non-hydrogen) atoms. The van der Waals surface area contributed by atoms with Crippen molar-refractivity contribution in [3.8, 4) is 0 Å². The Morgan fingerprint density at radius 1 is 0.846 bits per heavy atom. The fraction of sp³-hybridized carbons (Fsp3) is 0.500. The quantitative estimate of drug-likeness (QED) is 0.424. The van der Waals surface area contributed by atoms with Crippen LogP contribution in [0.4, 0.5) is 0 Å². The molecule has 0 aromatic carbocycles. The molecule has 0 saturated heterocycles. The van der Waals surface area contributed by atoms with E-state index in [1.54, 1.807) is 0 Å². The summed E-state index contributed by atoms with van der Waals surface area (Å²) in [6.07, 6.45) is 0. The first kappa shape index (κ1) is 25.4. The maximum Gasteiger partial charge on any atom is 0.131 e. The molecule has 0 fully saturated rings. The third kappa shape index (κ3) is 25.6. The number of rotatable bonds is 3. The van der Waals surface area contributed by atoms with Gasteiger partial charge in [0.2, 0.25) is 0 Å². The SMILES string of the molecule is NC(=S)SCCSC(N)=S.[Na].[Na].[Na]. The summed E-state index contributed by atoms with van der Waals surface area (Å²) >= 11 is 12.2. The molecule has 0 heterocycles. The van der Waals surface area contributed by atoms with E-state index in [1.165, 1.54) is 23.5 Å². The van der Waals surface area contributed by atoms with E-state index in [-0.39, 0.29) is 88.7 Å². The van der Waals surface area contributed by atoms with Crippen LogP contribution in [-0.4, -0.2) is 109 Å². The molecule has 0 rings (SSSR count). The van der Waals surface area contributed by atoms with Crippen molar-refractivity contribution < 1.29 is 0 Å². The molecule has 0 spiro atoms. The van der Waals surface area contributed by atoms with Crippen LogP contribution in [0.15, 0.2) is 0 Å². The van der Waals surface area contributed by atoms with Crippen LogP contribution in [0.5, 0.6) is 0 Å². The molecule has 2 nitrogen and oxygen atoms in total. The van der Waals surface area contributed by atoms with Gasteiger partial charge in [-0.3, -0.25) is 0 Å². The Labute approximate surface area is 165 Å². The van der Waals surface area contributed by atoms with Crippen LogP contribution in [0.25, 0.3) is 0 Å². The fourth-order valence-electron chi connectivity index (χ4n) is 0.285. The molecule has 0 unspecified atom stereocenters. The minimum Gasteiger partial charge on any atom is -0.385 e. The summed E-state index contributed by atoms with van der Waals surface area (Å²) in [7, 11) is 0. The van der Waals surface area contributed by atoms with Crippen molar-refractivity contribution in [3.05, 3.63) is 0 Å². The standard InChI is InChI=1S/C4H8N2S4.3Na/c5-3(7)9-1-2-10-4(6)8;;;/h1-2H2,(H2,5,7)(H2,6,8);;;. The average molecular weight is 281 g/mol. The van der Waals surface area contributed by atoms with Crippen LogP contribution in [0, 0.1) is 0 Å². The smallest absolute Gasteiger partial charge is 0.131 e. The van der Waals surface area contributed by atoms with Gasteiger partial charge in [-0.05, 0) is 0 Å². The van der Waals surface area contributed by atoms with Crippen molar-refractivity contribution in [2.75, 3.05) is 11.5 Å². The molecular formula is C4H8N2Na3S4. The number of thiocarbonyl (C=S) groups is 2. The zero-order valence-electron chi connectivity index (χ0n) is 8.20. The van der Waals surface area contributed by atoms with Crippen molar-refractivity contribution >= 4 is 145 Å². The summed E-state index contributed by atoms with van der Waals surface area (Å²) in [4.78, 5) is 0. The molecule has 0 bridgehead atoms. The minimum absolute atomic E-state index is 0. The second-order valence-electron chi connectivity index (χ2n) is 1.33. The van der Waals surface area contributed by atoms with Crippen molar-refractivity contribution in [2.24, 2.45) is 11.5 Å². The Kier molecular flexibility index (Phi) is 34.8.